The molecule has 0 unspecified atom stereocenters. The predicted octanol–water partition coefficient (Wildman–Crippen LogP) is 3.05. The van der Waals surface area contributed by atoms with Gasteiger partial charge < -0.3 is 9.88 Å². The van der Waals surface area contributed by atoms with E-state index in [1.807, 2.05) is 0 Å². The number of H-pyrrole nitrogens is 1. The smallest absolute Gasteiger partial charge is 0.182 e. The van der Waals surface area contributed by atoms with Crippen molar-refractivity contribution in [2.75, 3.05) is 18.0 Å². The molecule has 0 radical (unpaired) electrons. The third-order valence-electron chi connectivity index (χ3n) is 4.63. The second-order valence-corrected chi connectivity index (χ2v) is 5.92. The molecule has 5 heteroatoms. The van der Waals surface area contributed by atoms with Crippen LogP contribution in [0.1, 0.15) is 29.9 Å². The van der Waals surface area contributed by atoms with Crippen molar-refractivity contribution in [3.63, 3.8) is 0 Å². The highest BCUT2D eigenvalue weighted by atomic mass is 15.2. The summed E-state index contributed by atoms with van der Waals surface area (Å²) in [5.41, 5.74) is 4.58. The molecule has 3 aromatic rings. The Kier molecular flexibility index (Phi) is 3.25. The molecule has 1 aliphatic heterocycles. The molecule has 1 N–H and O–H groups in total. The van der Waals surface area contributed by atoms with Crippen molar-refractivity contribution in [2.45, 2.75) is 25.7 Å². The number of anilines is 1. The topological polar surface area (TPSA) is 57.7 Å². The number of aryl methyl sites for hydroxylation is 1. The Morgan fingerprint density at radius 1 is 1.09 bits per heavy atom. The van der Waals surface area contributed by atoms with Crippen molar-refractivity contribution < 1.29 is 0 Å². The first-order chi connectivity index (χ1) is 10.8. The first-order valence-electron chi connectivity index (χ1n) is 7.77. The summed E-state index contributed by atoms with van der Waals surface area (Å²) in [5, 5.41) is 0. The van der Waals surface area contributed by atoms with E-state index in [0.717, 1.165) is 42.9 Å². The van der Waals surface area contributed by atoms with Crippen molar-refractivity contribution in [3.05, 3.63) is 48.0 Å². The lowest BCUT2D eigenvalue weighted by atomic mass is 9.87. The van der Waals surface area contributed by atoms with Gasteiger partial charge >= 0.3 is 0 Å². The summed E-state index contributed by atoms with van der Waals surface area (Å²) < 4.78 is 0. The van der Waals surface area contributed by atoms with Crippen molar-refractivity contribution in [2.24, 2.45) is 0 Å². The molecule has 1 aromatic carbocycles. The number of rotatable bonds is 2. The summed E-state index contributed by atoms with van der Waals surface area (Å²) in [6.07, 6.45) is 5.60. The summed E-state index contributed by atoms with van der Waals surface area (Å²) in [7, 11) is 0. The Bertz CT molecular complexity index is 786. The molecule has 22 heavy (non-hydrogen) atoms. The largest absolute Gasteiger partial charge is 0.355 e. The first-order valence-corrected chi connectivity index (χ1v) is 7.77. The van der Waals surface area contributed by atoms with E-state index in [9.17, 15) is 0 Å². The number of nitrogens with one attached hydrogen (secondary N) is 1. The number of piperidine rings is 1. The van der Waals surface area contributed by atoms with E-state index in [4.69, 9.17) is 0 Å². The maximum absolute atomic E-state index is 4.46. The SMILES string of the molecule is Cc1ccccc1C1CCN(c2ncnc3nc[nH]c23)CC1. The molecule has 0 saturated carbocycles. The second-order valence-electron chi connectivity index (χ2n) is 5.92. The van der Waals surface area contributed by atoms with E-state index in [-0.39, 0.29) is 0 Å². The van der Waals surface area contributed by atoms with Crippen LogP contribution in [0.15, 0.2) is 36.9 Å². The average molecular weight is 293 g/mol. The minimum absolute atomic E-state index is 0.650. The minimum atomic E-state index is 0.650. The molecule has 0 atom stereocenters. The molecule has 0 aliphatic carbocycles. The third kappa shape index (κ3) is 2.22. The van der Waals surface area contributed by atoms with Crippen molar-refractivity contribution >= 4 is 17.0 Å². The van der Waals surface area contributed by atoms with Crippen LogP contribution in [0.25, 0.3) is 11.2 Å². The van der Waals surface area contributed by atoms with Gasteiger partial charge in [0.25, 0.3) is 0 Å². The van der Waals surface area contributed by atoms with Gasteiger partial charge in [0.05, 0.1) is 6.33 Å². The molecule has 1 saturated heterocycles. The van der Waals surface area contributed by atoms with Gasteiger partial charge in [-0.25, -0.2) is 15.0 Å². The predicted molar refractivity (Wildman–Crippen MR) is 87.1 cm³/mol. The Morgan fingerprint density at radius 3 is 2.73 bits per heavy atom. The number of hydrogen-bond donors (Lipinski definition) is 1. The van der Waals surface area contributed by atoms with E-state index in [1.54, 1.807) is 12.7 Å². The second kappa shape index (κ2) is 5.40. The van der Waals surface area contributed by atoms with Crippen LogP contribution in [0, 0.1) is 6.92 Å². The number of aromatic amines is 1. The van der Waals surface area contributed by atoms with E-state index in [1.165, 1.54) is 11.1 Å². The zero-order valence-corrected chi connectivity index (χ0v) is 12.7. The van der Waals surface area contributed by atoms with Crippen LogP contribution >= 0.6 is 0 Å². The fourth-order valence-electron chi connectivity index (χ4n) is 3.44. The van der Waals surface area contributed by atoms with Gasteiger partial charge in [-0.1, -0.05) is 24.3 Å². The number of hydrogen-bond acceptors (Lipinski definition) is 4. The highest BCUT2D eigenvalue weighted by Gasteiger charge is 2.24. The van der Waals surface area contributed by atoms with E-state index < -0.39 is 0 Å². The van der Waals surface area contributed by atoms with Crippen LogP contribution in [-0.4, -0.2) is 33.0 Å². The fourth-order valence-corrected chi connectivity index (χ4v) is 3.44. The van der Waals surface area contributed by atoms with E-state index in [0.29, 0.717) is 5.92 Å². The van der Waals surface area contributed by atoms with Gasteiger partial charge in [0.2, 0.25) is 0 Å². The lowest BCUT2D eigenvalue weighted by molar-refractivity contribution is 0.501. The summed E-state index contributed by atoms with van der Waals surface area (Å²) >= 11 is 0. The van der Waals surface area contributed by atoms with Crippen LogP contribution in [0.2, 0.25) is 0 Å². The number of fused-ring (bicyclic) bond motifs is 1. The van der Waals surface area contributed by atoms with Crippen LogP contribution in [-0.2, 0) is 0 Å². The van der Waals surface area contributed by atoms with Crippen LogP contribution in [0.4, 0.5) is 5.82 Å². The normalized spacial score (nSPS) is 16.3. The summed E-state index contributed by atoms with van der Waals surface area (Å²) in [5.74, 6) is 1.63. The number of imidazole rings is 1. The number of benzene rings is 1. The van der Waals surface area contributed by atoms with Crippen LogP contribution in [0.5, 0.6) is 0 Å². The van der Waals surface area contributed by atoms with E-state index in [2.05, 4.69) is 56.0 Å². The average Bonchev–Trinajstić information content (AvgIpc) is 3.04. The zero-order valence-electron chi connectivity index (χ0n) is 12.7. The summed E-state index contributed by atoms with van der Waals surface area (Å²) in [6.45, 7) is 4.24. The van der Waals surface area contributed by atoms with Gasteiger partial charge in [0.1, 0.15) is 11.8 Å². The highest BCUT2D eigenvalue weighted by Crippen LogP contribution is 2.32. The summed E-state index contributed by atoms with van der Waals surface area (Å²) in [6, 6.07) is 8.74. The Hall–Kier alpha value is -2.43. The lowest BCUT2D eigenvalue weighted by Crippen LogP contribution is -2.33. The van der Waals surface area contributed by atoms with Crippen molar-refractivity contribution in [1.29, 1.82) is 0 Å². The number of nitrogens with zero attached hydrogens (tertiary/aromatic N) is 4. The lowest BCUT2D eigenvalue weighted by Gasteiger charge is -2.33. The maximum atomic E-state index is 4.46. The van der Waals surface area contributed by atoms with Crippen LogP contribution < -0.4 is 4.90 Å². The van der Waals surface area contributed by atoms with Crippen LogP contribution in [0.3, 0.4) is 0 Å². The Labute approximate surface area is 129 Å². The molecule has 3 heterocycles. The molecule has 2 aromatic heterocycles. The highest BCUT2D eigenvalue weighted by molar-refractivity contribution is 5.82. The molecular formula is C17H19N5. The van der Waals surface area contributed by atoms with E-state index >= 15 is 0 Å². The van der Waals surface area contributed by atoms with Gasteiger partial charge in [-0.15, -0.1) is 0 Å². The molecule has 0 amide bonds. The fraction of sp³-hybridized carbons (Fsp3) is 0.353. The van der Waals surface area contributed by atoms with Gasteiger partial charge in [0, 0.05) is 13.1 Å². The Balaban J connectivity index is 1.55. The monoisotopic (exact) mass is 293 g/mol. The molecule has 5 nitrogen and oxygen atoms in total. The van der Waals surface area contributed by atoms with Gasteiger partial charge in [-0.2, -0.15) is 0 Å². The molecule has 4 rings (SSSR count). The number of aromatic nitrogens is 4. The zero-order chi connectivity index (χ0) is 14.9. The molecule has 1 aliphatic rings. The van der Waals surface area contributed by atoms with Gasteiger partial charge in [-0.05, 0) is 36.8 Å². The Morgan fingerprint density at radius 2 is 1.91 bits per heavy atom. The molecule has 1 fully saturated rings. The quantitative estimate of drug-likeness (QED) is 0.789. The molecular weight excluding hydrogens is 274 g/mol. The molecule has 0 spiro atoms. The molecule has 0 bridgehead atoms. The third-order valence-corrected chi connectivity index (χ3v) is 4.63. The summed E-state index contributed by atoms with van der Waals surface area (Å²) in [4.78, 5) is 18.4. The standard InChI is InChI=1S/C17H19N5/c1-12-4-2-3-5-14(12)13-6-8-22(9-7-13)17-15-16(19-10-18-15)20-11-21-17/h2-5,10-11,13H,6-9H2,1H3,(H,18,19,20,21). The van der Waals surface area contributed by atoms with Gasteiger partial charge in [-0.3, -0.25) is 0 Å². The minimum Gasteiger partial charge on any atom is -0.355 e. The van der Waals surface area contributed by atoms with Crippen molar-refractivity contribution in [1.82, 2.24) is 19.9 Å². The molecule has 112 valence electrons. The van der Waals surface area contributed by atoms with Crippen molar-refractivity contribution in [3.8, 4) is 0 Å². The first kappa shape index (κ1) is 13.2. The van der Waals surface area contributed by atoms with Gasteiger partial charge in [0.15, 0.2) is 11.5 Å². The maximum Gasteiger partial charge on any atom is 0.182 e.